The Morgan fingerprint density at radius 2 is 1.88 bits per heavy atom. The minimum atomic E-state index is -0.228. The van der Waals surface area contributed by atoms with Crippen LogP contribution in [-0.2, 0) is 0 Å². The van der Waals surface area contributed by atoms with E-state index in [4.69, 9.17) is 9.47 Å². The number of ether oxygens (including phenoxy) is 2. The van der Waals surface area contributed by atoms with E-state index in [-0.39, 0.29) is 18.0 Å². The number of amides is 3. The second-order valence-electron chi connectivity index (χ2n) is 8.46. The van der Waals surface area contributed by atoms with Crippen LogP contribution in [0, 0.1) is 6.92 Å². The molecular formula is C25H28N4O4. The highest BCUT2D eigenvalue weighted by molar-refractivity contribution is 6.02. The minimum absolute atomic E-state index is 0.0102. The summed E-state index contributed by atoms with van der Waals surface area (Å²) in [6.07, 6.45) is 3.72. The molecule has 3 N–H and O–H groups in total. The van der Waals surface area contributed by atoms with Gasteiger partial charge < -0.3 is 25.4 Å². The van der Waals surface area contributed by atoms with Gasteiger partial charge in [-0.3, -0.25) is 9.78 Å². The highest BCUT2D eigenvalue weighted by atomic mass is 16.5. The largest absolute Gasteiger partial charge is 0.496 e. The molecule has 8 heteroatoms. The lowest BCUT2D eigenvalue weighted by molar-refractivity contribution is 0.0940. The third kappa shape index (κ3) is 5.34. The Labute approximate surface area is 192 Å². The van der Waals surface area contributed by atoms with Gasteiger partial charge in [-0.1, -0.05) is 0 Å². The van der Waals surface area contributed by atoms with Gasteiger partial charge in [0.15, 0.2) is 0 Å². The fourth-order valence-electron chi connectivity index (χ4n) is 3.46. The van der Waals surface area contributed by atoms with Gasteiger partial charge in [-0.2, -0.15) is 0 Å². The van der Waals surface area contributed by atoms with Crippen molar-refractivity contribution in [2.75, 3.05) is 12.4 Å². The number of aromatic nitrogens is 1. The first kappa shape index (κ1) is 22.4. The van der Waals surface area contributed by atoms with E-state index in [1.165, 1.54) is 7.11 Å². The van der Waals surface area contributed by atoms with Crippen molar-refractivity contribution < 1.29 is 19.1 Å². The van der Waals surface area contributed by atoms with Crippen LogP contribution in [0.3, 0.4) is 0 Å². The first-order valence-corrected chi connectivity index (χ1v) is 11.0. The average molecular weight is 449 g/mol. The van der Waals surface area contributed by atoms with Gasteiger partial charge in [-0.25, -0.2) is 4.79 Å². The molecular weight excluding hydrogens is 420 g/mol. The summed E-state index contributed by atoms with van der Waals surface area (Å²) < 4.78 is 11.6. The van der Waals surface area contributed by atoms with E-state index in [1.54, 1.807) is 30.5 Å². The molecule has 1 fully saturated rings. The molecule has 1 aromatic heterocycles. The lowest BCUT2D eigenvalue weighted by Gasteiger charge is -2.15. The maximum Gasteiger partial charge on any atom is 0.319 e. The van der Waals surface area contributed by atoms with Gasteiger partial charge in [0.25, 0.3) is 5.91 Å². The molecule has 0 aliphatic heterocycles. The van der Waals surface area contributed by atoms with Crippen molar-refractivity contribution in [3.8, 4) is 17.2 Å². The number of rotatable bonds is 7. The van der Waals surface area contributed by atoms with Crippen LogP contribution in [0.1, 0.15) is 42.6 Å². The highest BCUT2D eigenvalue weighted by Crippen LogP contribution is 2.34. The number of hydrogen-bond acceptors (Lipinski definition) is 5. The number of aryl methyl sites for hydroxylation is 1. The van der Waals surface area contributed by atoms with E-state index in [1.807, 2.05) is 32.9 Å². The Morgan fingerprint density at radius 3 is 2.55 bits per heavy atom. The van der Waals surface area contributed by atoms with Crippen LogP contribution < -0.4 is 25.4 Å². The second-order valence-corrected chi connectivity index (χ2v) is 8.46. The number of methoxy groups -OCH3 is 1. The average Bonchev–Trinajstić information content (AvgIpc) is 3.58. The molecule has 0 atom stereocenters. The van der Waals surface area contributed by atoms with Crippen LogP contribution in [0.4, 0.5) is 10.5 Å². The summed E-state index contributed by atoms with van der Waals surface area (Å²) in [7, 11) is 1.52. The maximum absolute atomic E-state index is 12.7. The van der Waals surface area contributed by atoms with E-state index in [0.29, 0.717) is 39.8 Å². The number of carbonyl (C=O) groups excluding carboxylic acids is 2. The molecule has 172 valence electrons. The van der Waals surface area contributed by atoms with Crippen LogP contribution in [0.15, 0.2) is 42.6 Å². The zero-order valence-electron chi connectivity index (χ0n) is 19.2. The van der Waals surface area contributed by atoms with Gasteiger partial charge in [0.05, 0.1) is 18.2 Å². The van der Waals surface area contributed by atoms with Crippen LogP contribution in [-0.4, -0.2) is 36.1 Å². The molecule has 0 saturated heterocycles. The summed E-state index contributed by atoms with van der Waals surface area (Å²) in [6.45, 7) is 5.71. The van der Waals surface area contributed by atoms with Crippen molar-refractivity contribution in [2.45, 2.75) is 45.7 Å². The summed E-state index contributed by atoms with van der Waals surface area (Å²) >= 11 is 0. The van der Waals surface area contributed by atoms with Gasteiger partial charge in [0.1, 0.15) is 17.2 Å². The van der Waals surface area contributed by atoms with Crippen LogP contribution >= 0.6 is 0 Å². The number of nitrogens with zero attached hydrogens (tertiary/aromatic N) is 1. The minimum Gasteiger partial charge on any atom is -0.496 e. The molecule has 1 aliphatic rings. The molecule has 0 radical (unpaired) electrons. The van der Waals surface area contributed by atoms with Gasteiger partial charge in [-0.15, -0.1) is 0 Å². The van der Waals surface area contributed by atoms with Gasteiger partial charge in [0, 0.05) is 35.4 Å². The van der Waals surface area contributed by atoms with Crippen LogP contribution in [0.5, 0.6) is 17.2 Å². The lowest BCUT2D eigenvalue weighted by Crippen LogP contribution is -2.30. The topological polar surface area (TPSA) is 102 Å². The Kier molecular flexibility index (Phi) is 6.35. The first-order valence-electron chi connectivity index (χ1n) is 11.0. The van der Waals surface area contributed by atoms with Crippen LogP contribution in [0.25, 0.3) is 10.9 Å². The first-order chi connectivity index (χ1) is 15.8. The third-order valence-corrected chi connectivity index (χ3v) is 5.27. The van der Waals surface area contributed by atoms with E-state index < -0.39 is 0 Å². The molecule has 3 amide bonds. The number of fused-ring (bicyclic) bond motifs is 1. The van der Waals surface area contributed by atoms with E-state index in [9.17, 15) is 9.59 Å². The van der Waals surface area contributed by atoms with Crippen molar-refractivity contribution in [1.82, 2.24) is 15.6 Å². The number of pyridine rings is 1. The summed E-state index contributed by atoms with van der Waals surface area (Å²) in [5, 5.41) is 9.37. The Hall–Kier alpha value is -3.81. The molecule has 0 spiro atoms. The number of hydrogen-bond donors (Lipinski definition) is 3. The van der Waals surface area contributed by atoms with Gasteiger partial charge >= 0.3 is 6.03 Å². The molecule has 1 heterocycles. The molecule has 8 nitrogen and oxygen atoms in total. The monoisotopic (exact) mass is 448 g/mol. The number of urea groups is 1. The number of benzene rings is 2. The number of anilines is 1. The Morgan fingerprint density at radius 1 is 1.09 bits per heavy atom. The van der Waals surface area contributed by atoms with E-state index >= 15 is 0 Å². The zero-order valence-corrected chi connectivity index (χ0v) is 19.2. The summed E-state index contributed by atoms with van der Waals surface area (Å²) in [5.74, 6) is 1.39. The van der Waals surface area contributed by atoms with Gasteiger partial charge in [-0.05, 0) is 69.5 Å². The second kappa shape index (κ2) is 9.36. The molecule has 0 unspecified atom stereocenters. The smallest absolute Gasteiger partial charge is 0.319 e. The number of nitrogens with one attached hydrogen (secondary N) is 3. The predicted molar refractivity (Wildman–Crippen MR) is 127 cm³/mol. The van der Waals surface area contributed by atoms with Crippen molar-refractivity contribution in [3.05, 3.63) is 53.7 Å². The van der Waals surface area contributed by atoms with Crippen LogP contribution in [0.2, 0.25) is 0 Å². The van der Waals surface area contributed by atoms with Crippen molar-refractivity contribution in [3.63, 3.8) is 0 Å². The summed E-state index contributed by atoms with van der Waals surface area (Å²) in [4.78, 5) is 29.1. The summed E-state index contributed by atoms with van der Waals surface area (Å²) in [5.41, 5.74) is 2.65. The maximum atomic E-state index is 12.7. The van der Waals surface area contributed by atoms with Crippen molar-refractivity contribution in [2.24, 2.45) is 0 Å². The van der Waals surface area contributed by atoms with Gasteiger partial charge in [0.2, 0.25) is 0 Å². The summed E-state index contributed by atoms with van der Waals surface area (Å²) in [6, 6.07) is 10.8. The van der Waals surface area contributed by atoms with Crippen molar-refractivity contribution in [1.29, 1.82) is 0 Å². The predicted octanol–water partition coefficient (Wildman–Crippen LogP) is 4.77. The molecule has 1 saturated carbocycles. The normalized spacial score (nSPS) is 13.0. The lowest BCUT2D eigenvalue weighted by atomic mass is 10.1. The fraction of sp³-hybridized carbons (Fsp3) is 0.320. The standard InChI is InChI=1S/C25H28N4O4/c1-14(2)27-24(30)19-12-18-21(13-23(19)32-4)26-10-9-22(18)33-17-7-8-20(15(3)11-17)29-25(31)28-16-5-6-16/h7-14,16H,5-6H2,1-4H3,(H,27,30)(H2,28,29,31). The Balaban J connectivity index is 1.60. The van der Waals surface area contributed by atoms with E-state index in [2.05, 4.69) is 20.9 Å². The highest BCUT2D eigenvalue weighted by Gasteiger charge is 2.23. The number of carbonyl (C=O) groups is 2. The molecule has 1 aliphatic carbocycles. The Bertz CT molecular complexity index is 1200. The third-order valence-electron chi connectivity index (χ3n) is 5.27. The molecule has 33 heavy (non-hydrogen) atoms. The van der Waals surface area contributed by atoms with E-state index in [0.717, 1.165) is 24.1 Å². The molecule has 2 aromatic carbocycles. The fourth-order valence-corrected chi connectivity index (χ4v) is 3.46. The quantitative estimate of drug-likeness (QED) is 0.483. The zero-order chi connectivity index (χ0) is 23.5. The SMILES string of the molecule is COc1cc2nccc(Oc3ccc(NC(=O)NC4CC4)c(C)c3)c2cc1C(=O)NC(C)C. The molecule has 4 rings (SSSR count). The molecule has 3 aromatic rings. The van der Waals surface area contributed by atoms with Crippen molar-refractivity contribution >= 4 is 28.5 Å². The molecule has 0 bridgehead atoms.